The van der Waals surface area contributed by atoms with Crippen molar-refractivity contribution in [3.05, 3.63) is 29.3 Å². The standard InChI is InChI=1S/C10H13NO/c1-12-9-3-2-7-4-8(6-11)10(7)5-9/h2-3,5,8H,4,6,11H2,1H3. The minimum Gasteiger partial charge on any atom is -0.497 e. The second-order valence-electron chi connectivity index (χ2n) is 3.20. The molecule has 2 rings (SSSR count). The lowest BCUT2D eigenvalue weighted by atomic mass is 9.77. The molecule has 0 spiro atoms. The van der Waals surface area contributed by atoms with E-state index >= 15 is 0 Å². The van der Waals surface area contributed by atoms with E-state index in [0.29, 0.717) is 5.92 Å². The van der Waals surface area contributed by atoms with Crippen LogP contribution >= 0.6 is 0 Å². The maximum Gasteiger partial charge on any atom is 0.119 e. The Balaban J connectivity index is 2.31. The predicted octanol–water partition coefficient (Wildman–Crippen LogP) is 1.29. The molecule has 0 aliphatic heterocycles. The maximum atomic E-state index is 5.60. The summed E-state index contributed by atoms with van der Waals surface area (Å²) in [5, 5.41) is 0. The Hall–Kier alpha value is -1.02. The van der Waals surface area contributed by atoms with Gasteiger partial charge in [0.1, 0.15) is 5.75 Å². The molecule has 0 saturated heterocycles. The normalized spacial score (nSPS) is 19.7. The van der Waals surface area contributed by atoms with Crippen molar-refractivity contribution in [3.8, 4) is 5.75 Å². The van der Waals surface area contributed by atoms with Crippen molar-refractivity contribution >= 4 is 0 Å². The monoisotopic (exact) mass is 163 g/mol. The Morgan fingerprint density at radius 3 is 3.08 bits per heavy atom. The van der Waals surface area contributed by atoms with Gasteiger partial charge in [-0.25, -0.2) is 0 Å². The predicted molar refractivity (Wildman–Crippen MR) is 48.5 cm³/mol. The molecule has 1 aliphatic rings. The lowest BCUT2D eigenvalue weighted by Crippen LogP contribution is -2.24. The molecule has 0 radical (unpaired) electrons. The number of rotatable bonds is 2. The van der Waals surface area contributed by atoms with Crippen molar-refractivity contribution < 1.29 is 4.74 Å². The number of fused-ring (bicyclic) bond motifs is 1. The molecule has 0 bridgehead atoms. The van der Waals surface area contributed by atoms with E-state index in [2.05, 4.69) is 12.1 Å². The maximum absolute atomic E-state index is 5.60. The number of nitrogens with two attached hydrogens (primary N) is 1. The largest absolute Gasteiger partial charge is 0.497 e. The molecule has 1 aromatic rings. The fourth-order valence-corrected chi connectivity index (χ4v) is 1.72. The van der Waals surface area contributed by atoms with Crippen LogP contribution in [-0.2, 0) is 6.42 Å². The van der Waals surface area contributed by atoms with Crippen LogP contribution in [0.4, 0.5) is 0 Å². The second-order valence-corrected chi connectivity index (χ2v) is 3.20. The van der Waals surface area contributed by atoms with E-state index in [9.17, 15) is 0 Å². The molecule has 0 fully saturated rings. The molecular weight excluding hydrogens is 150 g/mol. The summed E-state index contributed by atoms with van der Waals surface area (Å²) < 4.78 is 5.14. The molecule has 0 aromatic heterocycles. The van der Waals surface area contributed by atoms with Crippen LogP contribution in [0.1, 0.15) is 17.0 Å². The summed E-state index contributed by atoms with van der Waals surface area (Å²) in [6, 6.07) is 6.22. The first kappa shape index (κ1) is 7.62. The van der Waals surface area contributed by atoms with Crippen LogP contribution in [0.5, 0.6) is 5.75 Å². The lowest BCUT2D eigenvalue weighted by molar-refractivity contribution is 0.412. The molecule has 1 unspecified atom stereocenters. The topological polar surface area (TPSA) is 35.2 Å². The lowest BCUT2D eigenvalue weighted by Gasteiger charge is -2.29. The zero-order chi connectivity index (χ0) is 8.55. The third-order valence-electron chi connectivity index (χ3n) is 2.54. The summed E-state index contributed by atoms with van der Waals surface area (Å²) in [6.45, 7) is 0.750. The molecule has 2 nitrogen and oxygen atoms in total. The van der Waals surface area contributed by atoms with Gasteiger partial charge in [0.25, 0.3) is 0 Å². The molecule has 0 heterocycles. The van der Waals surface area contributed by atoms with Crippen LogP contribution in [0, 0.1) is 0 Å². The summed E-state index contributed by atoms with van der Waals surface area (Å²) in [5.74, 6) is 1.50. The van der Waals surface area contributed by atoms with Crippen molar-refractivity contribution in [1.29, 1.82) is 0 Å². The first-order valence-electron chi connectivity index (χ1n) is 4.22. The molecule has 0 saturated carbocycles. The SMILES string of the molecule is COc1ccc2c(c1)C(CN)C2. The van der Waals surface area contributed by atoms with Gasteiger partial charge in [-0.15, -0.1) is 0 Å². The second kappa shape index (κ2) is 2.79. The van der Waals surface area contributed by atoms with E-state index in [1.54, 1.807) is 7.11 Å². The smallest absolute Gasteiger partial charge is 0.119 e. The van der Waals surface area contributed by atoms with E-state index in [1.807, 2.05) is 6.07 Å². The fraction of sp³-hybridized carbons (Fsp3) is 0.400. The molecule has 1 atom stereocenters. The highest BCUT2D eigenvalue weighted by molar-refractivity contribution is 5.45. The van der Waals surface area contributed by atoms with E-state index < -0.39 is 0 Å². The van der Waals surface area contributed by atoms with Crippen LogP contribution in [-0.4, -0.2) is 13.7 Å². The Morgan fingerprint density at radius 2 is 2.42 bits per heavy atom. The number of methoxy groups -OCH3 is 1. The highest BCUT2D eigenvalue weighted by Crippen LogP contribution is 2.36. The quantitative estimate of drug-likeness (QED) is 0.713. The van der Waals surface area contributed by atoms with Crippen molar-refractivity contribution in [3.63, 3.8) is 0 Å². The number of benzene rings is 1. The Kier molecular flexibility index (Phi) is 1.77. The summed E-state index contributed by atoms with van der Waals surface area (Å²) >= 11 is 0. The third-order valence-corrected chi connectivity index (χ3v) is 2.54. The first-order chi connectivity index (χ1) is 5.85. The molecule has 2 N–H and O–H groups in total. The van der Waals surface area contributed by atoms with Gasteiger partial charge in [0.05, 0.1) is 7.11 Å². The van der Waals surface area contributed by atoms with Crippen molar-refractivity contribution in [2.75, 3.05) is 13.7 Å². The van der Waals surface area contributed by atoms with E-state index in [-0.39, 0.29) is 0 Å². The van der Waals surface area contributed by atoms with Crippen molar-refractivity contribution in [1.82, 2.24) is 0 Å². The van der Waals surface area contributed by atoms with Gasteiger partial charge in [-0.1, -0.05) is 6.07 Å². The van der Waals surface area contributed by atoms with Crippen LogP contribution < -0.4 is 10.5 Å². The van der Waals surface area contributed by atoms with Gasteiger partial charge in [0, 0.05) is 5.92 Å². The van der Waals surface area contributed by atoms with Gasteiger partial charge in [-0.2, -0.15) is 0 Å². The molecule has 1 aliphatic carbocycles. The number of hydrogen-bond donors (Lipinski definition) is 1. The van der Waals surface area contributed by atoms with Gasteiger partial charge in [0.15, 0.2) is 0 Å². The van der Waals surface area contributed by atoms with E-state index in [1.165, 1.54) is 11.1 Å². The Morgan fingerprint density at radius 1 is 1.58 bits per heavy atom. The van der Waals surface area contributed by atoms with Gasteiger partial charge in [-0.05, 0) is 36.2 Å². The highest BCUT2D eigenvalue weighted by Gasteiger charge is 2.24. The first-order valence-corrected chi connectivity index (χ1v) is 4.22. The molecule has 64 valence electrons. The minimum atomic E-state index is 0.565. The molecule has 0 amide bonds. The van der Waals surface area contributed by atoms with Gasteiger partial charge >= 0.3 is 0 Å². The van der Waals surface area contributed by atoms with Crippen LogP contribution in [0.2, 0.25) is 0 Å². The zero-order valence-corrected chi connectivity index (χ0v) is 7.21. The van der Waals surface area contributed by atoms with Crippen molar-refractivity contribution in [2.45, 2.75) is 12.3 Å². The number of hydrogen-bond acceptors (Lipinski definition) is 2. The summed E-state index contributed by atoms with van der Waals surface area (Å²) in [5.41, 5.74) is 8.39. The average Bonchev–Trinajstić information content (AvgIpc) is 2.08. The summed E-state index contributed by atoms with van der Waals surface area (Å²) in [6.07, 6.45) is 1.13. The van der Waals surface area contributed by atoms with Crippen LogP contribution in [0.25, 0.3) is 0 Å². The number of ether oxygens (including phenoxy) is 1. The van der Waals surface area contributed by atoms with Crippen LogP contribution in [0.15, 0.2) is 18.2 Å². The van der Waals surface area contributed by atoms with E-state index in [0.717, 1.165) is 18.7 Å². The average molecular weight is 163 g/mol. The van der Waals surface area contributed by atoms with Gasteiger partial charge in [-0.3, -0.25) is 0 Å². The summed E-state index contributed by atoms with van der Waals surface area (Å²) in [4.78, 5) is 0. The molecule has 1 aromatic carbocycles. The Labute approximate surface area is 72.3 Å². The van der Waals surface area contributed by atoms with Crippen LogP contribution in [0.3, 0.4) is 0 Å². The molecule has 12 heavy (non-hydrogen) atoms. The molecule has 2 heteroatoms. The summed E-state index contributed by atoms with van der Waals surface area (Å²) in [7, 11) is 1.69. The van der Waals surface area contributed by atoms with E-state index in [4.69, 9.17) is 10.5 Å². The minimum absolute atomic E-state index is 0.565. The Bertz CT molecular complexity index is 296. The van der Waals surface area contributed by atoms with Gasteiger partial charge < -0.3 is 10.5 Å². The fourth-order valence-electron chi connectivity index (χ4n) is 1.72. The highest BCUT2D eigenvalue weighted by atomic mass is 16.5. The molecular formula is C10H13NO. The van der Waals surface area contributed by atoms with Gasteiger partial charge in [0.2, 0.25) is 0 Å². The zero-order valence-electron chi connectivity index (χ0n) is 7.21. The third kappa shape index (κ3) is 0.994. The van der Waals surface area contributed by atoms with Crippen molar-refractivity contribution in [2.24, 2.45) is 5.73 Å².